The maximum Gasteiger partial charge on any atom is 0.330 e. The zero-order valence-electron chi connectivity index (χ0n) is 13.3. The van der Waals surface area contributed by atoms with Crippen molar-refractivity contribution in [2.75, 3.05) is 13.3 Å². The number of benzene rings is 1. The molecule has 124 valence electrons. The van der Waals surface area contributed by atoms with Crippen molar-refractivity contribution in [1.82, 2.24) is 0 Å². The largest absolute Gasteiger partial charge is 0.481 e. The minimum atomic E-state index is -0.953. The Bertz CT molecular complexity index is 609. The van der Waals surface area contributed by atoms with E-state index in [0.29, 0.717) is 6.42 Å². The SMILES string of the molecule is CC1(C)[C@@H](C=CC(=O)OCCF)[C@@]1(Cc1ccccc1)C(=O)O. The second-order valence-electron chi connectivity index (χ2n) is 6.35. The molecule has 2 atom stereocenters. The van der Waals surface area contributed by atoms with E-state index in [1.807, 2.05) is 44.2 Å². The van der Waals surface area contributed by atoms with Gasteiger partial charge in [-0.15, -0.1) is 0 Å². The smallest absolute Gasteiger partial charge is 0.330 e. The molecule has 1 fully saturated rings. The van der Waals surface area contributed by atoms with Gasteiger partial charge in [0.15, 0.2) is 0 Å². The van der Waals surface area contributed by atoms with Crippen LogP contribution in [0.25, 0.3) is 0 Å². The predicted octanol–water partition coefficient (Wildman–Crippen LogP) is 3.03. The van der Waals surface area contributed by atoms with E-state index in [9.17, 15) is 19.1 Å². The van der Waals surface area contributed by atoms with E-state index in [1.165, 1.54) is 6.08 Å². The number of halogens is 1. The standard InChI is InChI=1S/C18H21FO4/c1-17(2)14(8-9-15(20)23-11-10-19)18(17,16(21)22)12-13-6-4-3-5-7-13/h3-9,14H,10-12H2,1-2H3,(H,21,22)/t14-,18+/m1/s1. The molecular formula is C18H21FO4. The lowest BCUT2D eigenvalue weighted by Crippen LogP contribution is -2.24. The van der Waals surface area contributed by atoms with Crippen molar-refractivity contribution >= 4 is 11.9 Å². The first kappa shape index (κ1) is 17.2. The Morgan fingerprint density at radius 2 is 1.96 bits per heavy atom. The summed E-state index contributed by atoms with van der Waals surface area (Å²) in [6, 6.07) is 9.43. The fourth-order valence-electron chi connectivity index (χ4n) is 3.40. The van der Waals surface area contributed by atoms with Gasteiger partial charge < -0.3 is 9.84 Å². The summed E-state index contributed by atoms with van der Waals surface area (Å²) in [6.45, 7) is 2.74. The molecule has 0 radical (unpaired) electrons. The van der Waals surface area contributed by atoms with E-state index in [1.54, 1.807) is 6.08 Å². The van der Waals surface area contributed by atoms with Crippen LogP contribution in [0.4, 0.5) is 4.39 Å². The average molecular weight is 320 g/mol. The Labute approximate surface area is 135 Å². The molecule has 0 amide bonds. The van der Waals surface area contributed by atoms with Crippen LogP contribution in [0.15, 0.2) is 42.5 Å². The first-order valence-electron chi connectivity index (χ1n) is 7.54. The normalized spacial score (nSPS) is 25.3. The molecule has 1 N–H and O–H groups in total. The number of ether oxygens (including phenoxy) is 1. The van der Waals surface area contributed by atoms with Crippen LogP contribution < -0.4 is 0 Å². The van der Waals surface area contributed by atoms with Gasteiger partial charge in [0.25, 0.3) is 0 Å². The van der Waals surface area contributed by atoms with Gasteiger partial charge >= 0.3 is 11.9 Å². The van der Waals surface area contributed by atoms with E-state index in [2.05, 4.69) is 4.74 Å². The number of aliphatic carboxylic acids is 1. The maximum absolute atomic E-state index is 12.0. The van der Waals surface area contributed by atoms with Crippen LogP contribution in [0.3, 0.4) is 0 Å². The van der Waals surface area contributed by atoms with Gasteiger partial charge in [0.2, 0.25) is 0 Å². The van der Waals surface area contributed by atoms with Gasteiger partial charge in [-0.25, -0.2) is 9.18 Å². The summed E-state index contributed by atoms with van der Waals surface area (Å²) in [6.07, 6.45) is 3.18. The maximum atomic E-state index is 12.0. The van der Waals surface area contributed by atoms with Gasteiger partial charge in [-0.05, 0) is 17.4 Å². The highest BCUT2D eigenvalue weighted by Gasteiger charge is 2.74. The molecule has 1 aliphatic rings. The zero-order valence-corrected chi connectivity index (χ0v) is 13.3. The summed E-state index contributed by atoms with van der Waals surface area (Å²) in [4.78, 5) is 23.4. The highest BCUT2D eigenvalue weighted by atomic mass is 19.1. The summed E-state index contributed by atoms with van der Waals surface area (Å²) >= 11 is 0. The molecule has 4 nitrogen and oxygen atoms in total. The van der Waals surface area contributed by atoms with Crippen LogP contribution in [-0.2, 0) is 20.7 Å². The molecule has 5 heteroatoms. The van der Waals surface area contributed by atoms with Crippen molar-refractivity contribution in [3.05, 3.63) is 48.0 Å². The number of hydrogen-bond donors (Lipinski definition) is 1. The van der Waals surface area contributed by atoms with Crippen LogP contribution in [0, 0.1) is 16.7 Å². The molecule has 0 aromatic heterocycles. The lowest BCUT2D eigenvalue weighted by Gasteiger charge is -2.15. The van der Waals surface area contributed by atoms with Crippen LogP contribution in [-0.4, -0.2) is 30.3 Å². The first-order chi connectivity index (χ1) is 10.9. The van der Waals surface area contributed by atoms with E-state index < -0.39 is 29.4 Å². The van der Waals surface area contributed by atoms with E-state index in [4.69, 9.17) is 0 Å². The lowest BCUT2D eigenvalue weighted by atomic mass is 9.88. The Balaban J connectivity index is 2.18. The van der Waals surface area contributed by atoms with E-state index in [0.717, 1.165) is 5.56 Å². The predicted molar refractivity (Wildman–Crippen MR) is 83.6 cm³/mol. The van der Waals surface area contributed by atoms with E-state index in [-0.39, 0.29) is 12.5 Å². The zero-order chi connectivity index (χ0) is 17.1. The van der Waals surface area contributed by atoms with Crippen molar-refractivity contribution in [3.8, 4) is 0 Å². The number of esters is 1. The number of rotatable bonds is 7. The van der Waals surface area contributed by atoms with Crippen LogP contribution in [0.2, 0.25) is 0 Å². The molecule has 0 spiro atoms. The molecule has 2 rings (SSSR count). The van der Waals surface area contributed by atoms with Gasteiger partial charge in [-0.3, -0.25) is 4.79 Å². The third kappa shape index (κ3) is 3.14. The Kier molecular flexibility index (Phi) is 4.88. The molecule has 0 bridgehead atoms. The number of carboxylic acids is 1. The number of hydrogen-bond acceptors (Lipinski definition) is 3. The quantitative estimate of drug-likeness (QED) is 0.619. The molecule has 1 aromatic carbocycles. The monoisotopic (exact) mass is 320 g/mol. The third-order valence-corrected chi connectivity index (χ3v) is 4.83. The third-order valence-electron chi connectivity index (χ3n) is 4.83. The Morgan fingerprint density at radius 3 is 2.52 bits per heavy atom. The van der Waals surface area contributed by atoms with Crippen molar-refractivity contribution in [1.29, 1.82) is 0 Å². The molecule has 0 aliphatic heterocycles. The highest BCUT2D eigenvalue weighted by Crippen LogP contribution is 2.71. The fourth-order valence-corrected chi connectivity index (χ4v) is 3.40. The number of allylic oxidation sites excluding steroid dienone is 1. The van der Waals surface area contributed by atoms with Crippen molar-refractivity contribution in [2.45, 2.75) is 20.3 Å². The second-order valence-corrected chi connectivity index (χ2v) is 6.35. The molecular weight excluding hydrogens is 299 g/mol. The van der Waals surface area contributed by atoms with Crippen LogP contribution in [0.1, 0.15) is 19.4 Å². The fraction of sp³-hybridized carbons (Fsp3) is 0.444. The van der Waals surface area contributed by atoms with Gasteiger partial charge in [0.1, 0.15) is 13.3 Å². The van der Waals surface area contributed by atoms with Gasteiger partial charge in [0.05, 0.1) is 5.41 Å². The number of carbonyl (C=O) groups is 2. The van der Waals surface area contributed by atoms with Crippen molar-refractivity contribution < 1.29 is 23.8 Å². The second kappa shape index (κ2) is 6.52. The van der Waals surface area contributed by atoms with Crippen LogP contribution in [0.5, 0.6) is 0 Å². The molecule has 0 heterocycles. The Morgan fingerprint density at radius 1 is 1.30 bits per heavy atom. The summed E-state index contributed by atoms with van der Waals surface area (Å²) in [5, 5.41) is 9.78. The molecule has 23 heavy (non-hydrogen) atoms. The van der Waals surface area contributed by atoms with Gasteiger partial charge in [-0.2, -0.15) is 0 Å². The summed E-state index contributed by atoms with van der Waals surface area (Å²) < 4.78 is 16.6. The van der Waals surface area contributed by atoms with Crippen molar-refractivity contribution in [2.24, 2.45) is 16.7 Å². The lowest BCUT2D eigenvalue weighted by molar-refractivity contribution is -0.145. The molecule has 1 saturated carbocycles. The summed E-state index contributed by atoms with van der Waals surface area (Å²) in [5.74, 6) is -1.81. The Hall–Kier alpha value is -2.17. The highest BCUT2D eigenvalue weighted by molar-refractivity contribution is 5.85. The molecule has 0 saturated heterocycles. The van der Waals surface area contributed by atoms with Gasteiger partial charge in [-0.1, -0.05) is 50.3 Å². The van der Waals surface area contributed by atoms with Crippen LogP contribution >= 0.6 is 0 Å². The van der Waals surface area contributed by atoms with Crippen molar-refractivity contribution in [3.63, 3.8) is 0 Å². The summed E-state index contributed by atoms with van der Waals surface area (Å²) in [5.41, 5.74) is -0.490. The number of carbonyl (C=O) groups excluding carboxylic acids is 1. The molecule has 1 aromatic rings. The number of alkyl halides is 1. The topological polar surface area (TPSA) is 63.6 Å². The minimum Gasteiger partial charge on any atom is -0.481 e. The van der Waals surface area contributed by atoms with Gasteiger partial charge in [0, 0.05) is 12.0 Å². The first-order valence-corrected chi connectivity index (χ1v) is 7.54. The average Bonchev–Trinajstić information content (AvgIpc) is 2.99. The minimum absolute atomic E-state index is 0.286. The number of carboxylic acid groups (broad SMARTS) is 1. The molecule has 0 unspecified atom stereocenters. The van der Waals surface area contributed by atoms with E-state index >= 15 is 0 Å². The molecule has 1 aliphatic carbocycles. The summed E-state index contributed by atoms with van der Waals surface area (Å²) in [7, 11) is 0.